The maximum absolute atomic E-state index is 12.6. The van der Waals surface area contributed by atoms with Crippen LogP contribution in [0, 0.1) is 13.8 Å². The Morgan fingerprint density at radius 3 is 3.00 bits per heavy atom. The second-order valence-electron chi connectivity index (χ2n) is 4.71. The highest BCUT2D eigenvalue weighted by Crippen LogP contribution is 2.30. The molecule has 3 heterocycles. The molecule has 0 saturated carbocycles. The Kier molecular flexibility index (Phi) is 4.12. The number of aryl methyl sites for hydroxylation is 1. The predicted molar refractivity (Wildman–Crippen MR) is 81.6 cm³/mol. The zero-order valence-electron chi connectivity index (χ0n) is 12.7. The first-order valence-electron chi connectivity index (χ1n) is 6.65. The number of thiophene rings is 1. The summed E-state index contributed by atoms with van der Waals surface area (Å²) in [6.07, 6.45) is 1.45. The number of methoxy groups -OCH3 is 1. The molecule has 0 unspecified atom stereocenters. The molecule has 0 aromatic carbocycles. The minimum atomic E-state index is -0.319. The van der Waals surface area contributed by atoms with Crippen molar-refractivity contribution < 1.29 is 9.53 Å². The van der Waals surface area contributed by atoms with Gasteiger partial charge in [-0.2, -0.15) is 9.67 Å². The molecule has 3 rings (SSSR count). The lowest BCUT2D eigenvalue weighted by Gasteiger charge is -2.04. The number of nitrogens with one attached hydrogen (secondary N) is 2. The molecule has 2 N–H and O–H groups in total. The lowest BCUT2D eigenvalue weighted by molar-refractivity contribution is 0.102. The number of carbonyl (C=O) groups is 1. The van der Waals surface area contributed by atoms with Gasteiger partial charge in [-0.05, 0) is 29.8 Å². The van der Waals surface area contributed by atoms with Gasteiger partial charge < -0.3 is 4.74 Å². The van der Waals surface area contributed by atoms with Gasteiger partial charge in [-0.25, -0.2) is 0 Å². The summed E-state index contributed by atoms with van der Waals surface area (Å²) in [5.41, 5.74) is 1.36. The van der Waals surface area contributed by atoms with Crippen LogP contribution in [0.15, 0.2) is 6.33 Å². The van der Waals surface area contributed by atoms with Crippen LogP contribution >= 0.6 is 11.3 Å². The van der Waals surface area contributed by atoms with Gasteiger partial charge in [0.15, 0.2) is 5.82 Å². The van der Waals surface area contributed by atoms with Crippen LogP contribution in [0.25, 0.3) is 5.00 Å². The van der Waals surface area contributed by atoms with E-state index in [1.165, 1.54) is 22.3 Å². The molecule has 10 nitrogen and oxygen atoms in total. The summed E-state index contributed by atoms with van der Waals surface area (Å²) < 4.78 is 6.42. The number of aromatic nitrogens is 7. The van der Waals surface area contributed by atoms with Gasteiger partial charge in [0, 0.05) is 12.0 Å². The number of nitrogens with zero attached hydrogens (tertiary/aromatic N) is 6. The van der Waals surface area contributed by atoms with Gasteiger partial charge >= 0.3 is 0 Å². The topological polar surface area (TPSA) is 124 Å². The minimum Gasteiger partial charge on any atom is -0.377 e. The number of rotatable bonds is 5. The van der Waals surface area contributed by atoms with Crippen molar-refractivity contribution in [3.63, 3.8) is 0 Å². The molecular weight excluding hydrogens is 320 g/mol. The zero-order valence-corrected chi connectivity index (χ0v) is 13.5. The van der Waals surface area contributed by atoms with E-state index in [4.69, 9.17) is 4.74 Å². The van der Waals surface area contributed by atoms with E-state index >= 15 is 0 Å². The van der Waals surface area contributed by atoms with Gasteiger partial charge in [0.25, 0.3) is 5.91 Å². The van der Waals surface area contributed by atoms with E-state index in [9.17, 15) is 4.79 Å². The fraction of sp³-hybridized carbons (Fsp3) is 0.333. The molecule has 0 aliphatic rings. The molecule has 0 bridgehead atoms. The van der Waals surface area contributed by atoms with Gasteiger partial charge in [0.1, 0.15) is 17.9 Å². The summed E-state index contributed by atoms with van der Waals surface area (Å²) in [7, 11) is 1.55. The van der Waals surface area contributed by atoms with E-state index in [0.29, 0.717) is 16.4 Å². The van der Waals surface area contributed by atoms with Crippen LogP contribution in [-0.2, 0) is 11.3 Å². The lowest BCUT2D eigenvalue weighted by Crippen LogP contribution is -2.16. The van der Waals surface area contributed by atoms with E-state index in [1.54, 1.807) is 7.11 Å². The Hall–Kier alpha value is -2.66. The number of ether oxygens (including phenoxy) is 1. The summed E-state index contributed by atoms with van der Waals surface area (Å²) in [5, 5.41) is 21.0. The van der Waals surface area contributed by atoms with E-state index in [-0.39, 0.29) is 18.5 Å². The van der Waals surface area contributed by atoms with E-state index in [0.717, 1.165) is 10.4 Å². The zero-order chi connectivity index (χ0) is 16.4. The molecule has 120 valence electrons. The largest absolute Gasteiger partial charge is 0.377 e. The van der Waals surface area contributed by atoms with Crippen molar-refractivity contribution in [1.29, 1.82) is 0 Å². The Balaban J connectivity index is 1.90. The number of aromatic amines is 1. The first-order valence-corrected chi connectivity index (χ1v) is 7.46. The second kappa shape index (κ2) is 6.22. The molecule has 1 amide bonds. The number of tetrazole rings is 1. The molecule has 11 heteroatoms. The van der Waals surface area contributed by atoms with Gasteiger partial charge in [-0.15, -0.1) is 21.5 Å². The molecule has 0 saturated heterocycles. The molecule has 0 aliphatic carbocycles. The van der Waals surface area contributed by atoms with Crippen LogP contribution in [0.4, 0.5) is 5.95 Å². The Morgan fingerprint density at radius 1 is 1.48 bits per heavy atom. The first-order chi connectivity index (χ1) is 11.1. The van der Waals surface area contributed by atoms with Crippen molar-refractivity contribution in [2.45, 2.75) is 20.5 Å². The van der Waals surface area contributed by atoms with Gasteiger partial charge in [-0.3, -0.25) is 15.2 Å². The molecule has 0 aliphatic heterocycles. The highest BCUT2D eigenvalue weighted by Gasteiger charge is 2.22. The molecule has 3 aromatic rings. The summed E-state index contributed by atoms with van der Waals surface area (Å²) in [6, 6.07) is 0. The van der Waals surface area contributed by atoms with Gasteiger partial charge in [0.05, 0.1) is 5.56 Å². The maximum Gasteiger partial charge on any atom is 0.261 e. The fourth-order valence-electron chi connectivity index (χ4n) is 2.01. The van der Waals surface area contributed by atoms with E-state index in [2.05, 4.69) is 36.0 Å². The predicted octanol–water partition coefficient (Wildman–Crippen LogP) is 0.857. The van der Waals surface area contributed by atoms with Gasteiger partial charge in [-0.1, -0.05) is 0 Å². The Labute approximate surface area is 134 Å². The summed E-state index contributed by atoms with van der Waals surface area (Å²) in [5.74, 6) is 0.398. The minimum absolute atomic E-state index is 0.188. The summed E-state index contributed by atoms with van der Waals surface area (Å²) in [6.45, 7) is 4.10. The highest BCUT2D eigenvalue weighted by atomic mass is 32.1. The number of carbonyl (C=O) groups excluding carboxylic acids is 1. The van der Waals surface area contributed by atoms with Crippen molar-refractivity contribution in [2.24, 2.45) is 0 Å². The monoisotopic (exact) mass is 334 g/mol. The van der Waals surface area contributed by atoms with Gasteiger partial charge in [0.2, 0.25) is 5.95 Å². The van der Waals surface area contributed by atoms with Crippen LogP contribution in [0.1, 0.15) is 26.6 Å². The van der Waals surface area contributed by atoms with Crippen LogP contribution in [0.3, 0.4) is 0 Å². The smallest absolute Gasteiger partial charge is 0.261 e. The molecule has 0 atom stereocenters. The normalized spacial score (nSPS) is 10.9. The molecular formula is C12H14N8O2S. The quantitative estimate of drug-likeness (QED) is 0.709. The third-order valence-electron chi connectivity index (χ3n) is 3.19. The lowest BCUT2D eigenvalue weighted by atomic mass is 10.1. The van der Waals surface area contributed by atoms with Crippen molar-refractivity contribution in [3.8, 4) is 5.00 Å². The molecule has 3 aromatic heterocycles. The van der Waals surface area contributed by atoms with Crippen LogP contribution in [0.2, 0.25) is 0 Å². The van der Waals surface area contributed by atoms with Crippen molar-refractivity contribution in [3.05, 3.63) is 28.2 Å². The second-order valence-corrected chi connectivity index (χ2v) is 5.91. The first kappa shape index (κ1) is 15.2. The van der Waals surface area contributed by atoms with Crippen molar-refractivity contribution in [2.75, 3.05) is 12.4 Å². The van der Waals surface area contributed by atoms with Crippen LogP contribution in [0.5, 0.6) is 0 Å². The molecule has 23 heavy (non-hydrogen) atoms. The number of hydrogen-bond acceptors (Lipinski definition) is 8. The van der Waals surface area contributed by atoms with Crippen molar-refractivity contribution >= 4 is 23.2 Å². The van der Waals surface area contributed by atoms with E-state index < -0.39 is 0 Å². The third kappa shape index (κ3) is 2.96. The number of amides is 1. The standard InChI is InChI=1S/C12H14N8O2S/c1-6-7(2)23-11(20-5-13-18-19-20)9(6)10(21)15-12-14-8(4-22-3)16-17-12/h5H,4H2,1-3H3,(H2,14,15,16,17,21). The molecule has 0 radical (unpaired) electrons. The average Bonchev–Trinajstić information content (AvgIpc) is 3.22. The number of anilines is 1. The van der Waals surface area contributed by atoms with E-state index in [1.807, 2.05) is 13.8 Å². The fourth-order valence-corrected chi connectivity index (χ4v) is 3.08. The Bertz CT molecular complexity index is 822. The van der Waals surface area contributed by atoms with Crippen LogP contribution in [-0.4, -0.2) is 48.4 Å². The Morgan fingerprint density at radius 2 is 2.30 bits per heavy atom. The van der Waals surface area contributed by atoms with Crippen molar-refractivity contribution in [1.82, 2.24) is 35.4 Å². The SMILES string of the molecule is COCc1nc(NC(=O)c2c(-n3cnnn3)sc(C)c2C)n[nH]1. The van der Waals surface area contributed by atoms with Crippen LogP contribution < -0.4 is 5.32 Å². The third-order valence-corrected chi connectivity index (χ3v) is 4.39. The number of hydrogen-bond donors (Lipinski definition) is 2. The highest BCUT2D eigenvalue weighted by molar-refractivity contribution is 7.15. The average molecular weight is 334 g/mol. The number of H-pyrrole nitrogens is 1. The summed E-state index contributed by atoms with van der Waals surface area (Å²) in [4.78, 5) is 17.8. The summed E-state index contributed by atoms with van der Waals surface area (Å²) >= 11 is 1.44. The maximum atomic E-state index is 12.6. The molecule has 0 fully saturated rings. The molecule has 0 spiro atoms.